The minimum atomic E-state index is -1.01. The van der Waals surface area contributed by atoms with E-state index < -0.39 is 35.1 Å². The largest absolute Gasteiger partial charge is 0.490 e. The molecule has 0 radical (unpaired) electrons. The molecule has 2 saturated carbocycles. The first-order valence-electron chi connectivity index (χ1n) is 22.5. The lowest BCUT2D eigenvalue weighted by atomic mass is 9.45. The van der Waals surface area contributed by atoms with E-state index in [9.17, 15) is 29.2 Å². The predicted molar refractivity (Wildman–Crippen MR) is 235 cm³/mol. The Hall–Kier alpha value is -6.40. The third kappa shape index (κ3) is 6.59. The molecule has 5 amide bonds. The minimum Gasteiger partial charge on any atom is -0.490 e. The maximum atomic E-state index is 13.8. The number of carbonyl (C=O) groups excluding carboxylic acids is 5. The minimum absolute atomic E-state index is 0.0223. The van der Waals surface area contributed by atoms with Crippen LogP contribution >= 0.6 is 0 Å². The van der Waals surface area contributed by atoms with Crippen molar-refractivity contribution in [3.8, 4) is 17.6 Å². The first-order valence-corrected chi connectivity index (χ1v) is 22.5. The number of nitrogens with zero attached hydrogens (tertiary/aromatic N) is 6. The van der Waals surface area contributed by atoms with Gasteiger partial charge >= 0.3 is 0 Å². The van der Waals surface area contributed by atoms with Crippen molar-refractivity contribution in [2.45, 2.75) is 115 Å². The highest BCUT2D eigenvalue weighted by molar-refractivity contribution is 6.23. The first-order chi connectivity index (χ1) is 30.7. The molecule has 0 bridgehead atoms. The predicted octanol–water partition coefficient (Wildman–Crippen LogP) is 5.30. The number of imide groups is 2. The number of benzene rings is 2. The zero-order valence-electron chi connectivity index (χ0n) is 36.7. The maximum Gasteiger partial charge on any atom is 0.262 e. The summed E-state index contributed by atoms with van der Waals surface area (Å²) in [5.74, 6) is 0.315. The lowest BCUT2D eigenvalue weighted by Gasteiger charge is -2.66. The van der Waals surface area contributed by atoms with Crippen LogP contribution in [0.2, 0.25) is 0 Å². The van der Waals surface area contributed by atoms with Crippen LogP contribution in [0.4, 0.5) is 5.82 Å². The Morgan fingerprint density at radius 2 is 1.77 bits per heavy atom. The molecule has 4 aromatic rings. The van der Waals surface area contributed by atoms with Crippen molar-refractivity contribution in [2.24, 2.45) is 11.3 Å². The number of ether oxygens (including phenoxy) is 2. The lowest BCUT2D eigenvalue weighted by molar-refractivity contribution is -0.136. The molecule has 4 aliphatic heterocycles. The average molecular weight is 865 g/mol. The van der Waals surface area contributed by atoms with Gasteiger partial charge in [0.1, 0.15) is 41.6 Å². The Bertz CT molecular complexity index is 2660. The van der Waals surface area contributed by atoms with E-state index in [1.807, 2.05) is 24.3 Å². The number of aromatic nitrogens is 2. The summed E-state index contributed by atoms with van der Waals surface area (Å²) in [4.78, 5) is 79.5. The summed E-state index contributed by atoms with van der Waals surface area (Å²) in [5.41, 5.74) is 2.19. The van der Waals surface area contributed by atoms with Gasteiger partial charge in [-0.15, -0.1) is 0 Å². The fraction of sp³-hybridized carbons (Fsp3) is 0.469. The topological polar surface area (TPSA) is 187 Å². The van der Waals surface area contributed by atoms with Gasteiger partial charge in [0.2, 0.25) is 11.8 Å². The van der Waals surface area contributed by atoms with Crippen LogP contribution in [0.3, 0.4) is 0 Å². The molecule has 2 N–H and O–H groups in total. The second-order valence-electron chi connectivity index (χ2n) is 19.5. The van der Waals surface area contributed by atoms with Gasteiger partial charge in [0.25, 0.3) is 17.7 Å². The number of anilines is 1. The molecule has 4 fully saturated rings. The molecule has 2 aromatic heterocycles. The van der Waals surface area contributed by atoms with Crippen molar-refractivity contribution in [3.63, 3.8) is 0 Å². The molecule has 15 heteroatoms. The zero-order valence-corrected chi connectivity index (χ0v) is 36.7. The summed E-state index contributed by atoms with van der Waals surface area (Å²) in [6, 6.07) is 16.0. The van der Waals surface area contributed by atoms with Crippen LogP contribution in [0.25, 0.3) is 10.9 Å². The smallest absolute Gasteiger partial charge is 0.262 e. The standard InChI is InChI=1S/C49H52N8O7/c1-26(2)56(30-20-32(21-30)63-31-8-9-33-34(22-31)45(62)57(44(33)61)36-10-13-39(58)53-43(36)60)25-27-15-18-55(19-16-27)38-12-7-29(24-52-38)42(59)54-46-48(3,4)47-49(46,5)35-14-17-51-41-28(23-50)6-11-37(64-47)40(35)41/h6-9,11-12,14,17,22,24,26-27,30,32,36,46-47H,10,13,15-16,18-21,25H2,1-5H3,(H,54,59)(H,53,58,60)/t30?,32?,36?,46?,47-,49?/m0/s1. The van der Waals surface area contributed by atoms with Crippen LogP contribution in [-0.2, 0) is 15.0 Å². The molecule has 6 heterocycles. The summed E-state index contributed by atoms with van der Waals surface area (Å²) >= 11 is 0. The van der Waals surface area contributed by atoms with E-state index in [-0.39, 0.29) is 53.5 Å². The van der Waals surface area contributed by atoms with Crippen LogP contribution < -0.4 is 25.0 Å². The van der Waals surface area contributed by atoms with Crippen molar-refractivity contribution in [2.75, 3.05) is 24.5 Å². The van der Waals surface area contributed by atoms with Gasteiger partial charge < -0.3 is 19.7 Å². The number of carbonyl (C=O) groups is 5. The fourth-order valence-electron chi connectivity index (χ4n) is 11.6. The van der Waals surface area contributed by atoms with Crippen LogP contribution in [0.5, 0.6) is 11.5 Å². The molecular formula is C49H52N8O7. The van der Waals surface area contributed by atoms with Crippen LogP contribution in [0.15, 0.2) is 60.9 Å². The van der Waals surface area contributed by atoms with E-state index in [1.54, 1.807) is 36.7 Å². The van der Waals surface area contributed by atoms with Crippen molar-refractivity contribution in [1.82, 2.24) is 30.4 Å². The highest BCUT2D eigenvalue weighted by Gasteiger charge is 2.69. The molecule has 64 heavy (non-hydrogen) atoms. The van der Waals surface area contributed by atoms with Gasteiger partial charge in [0.05, 0.1) is 39.2 Å². The Morgan fingerprint density at radius 3 is 2.47 bits per heavy atom. The molecule has 6 aliphatic rings. The summed E-state index contributed by atoms with van der Waals surface area (Å²) in [6.07, 6.45) is 7.14. The number of hydrogen-bond acceptors (Lipinski definition) is 12. The van der Waals surface area contributed by atoms with E-state index in [1.165, 1.54) is 0 Å². The first kappa shape index (κ1) is 41.6. The highest BCUT2D eigenvalue weighted by Crippen LogP contribution is 2.61. The van der Waals surface area contributed by atoms with Gasteiger partial charge in [-0.1, -0.05) is 13.8 Å². The van der Waals surface area contributed by atoms with Gasteiger partial charge in [-0.2, -0.15) is 5.26 Å². The third-order valence-corrected chi connectivity index (χ3v) is 15.0. The zero-order chi connectivity index (χ0) is 44.8. The molecule has 10 rings (SSSR count). The Morgan fingerprint density at radius 1 is 1.00 bits per heavy atom. The van der Waals surface area contributed by atoms with Crippen molar-refractivity contribution >= 4 is 46.3 Å². The molecule has 2 saturated heterocycles. The van der Waals surface area contributed by atoms with Crippen molar-refractivity contribution in [3.05, 3.63) is 88.7 Å². The van der Waals surface area contributed by atoms with Crippen molar-refractivity contribution < 1.29 is 33.4 Å². The molecule has 2 aliphatic carbocycles. The van der Waals surface area contributed by atoms with E-state index >= 15 is 0 Å². The fourth-order valence-corrected chi connectivity index (χ4v) is 11.6. The van der Waals surface area contributed by atoms with Gasteiger partial charge in [-0.05, 0) is 100 Å². The second kappa shape index (κ2) is 15.4. The molecule has 3 unspecified atom stereocenters. The molecular weight excluding hydrogens is 813 g/mol. The number of fused-ring (bicyclic) bond motifs is 3. The third-order valence-electron chi connectivity index (χ3n) is 15.0. The molecule has 15 nitrogen and oxygen atoms in total. The maximum absolute atomic E-state index is 13.8. The number of pyridine rings is 2. The Balaban J connectivity index is 0.719. The molecule has 330 valence electrons. The lowest BCUT2D eigenvalue weighted by Crippen LogP contribution is -2.78. The van der Waals surface area contributed by atoms with Gasteiger partial charge in [0, 0.05) is 74.2 Å². The van der Waals surface area contributed by atoms with Gasteiger partial charge in [-0.3, -0.25) is 44.1 Å². The van der Waals surface area contributed by atoms with Gasteiger partial charge in [-0.25, -0.2) is 4.98 Å². The number of hydrogen-bond donors (Lipinski definition) is 2. The average Bonchev–Trinajstić information content (AvgIpc) is 3.52. The van der Waals surface area contributed by atoms with E-state index in [0.717, 1.165) is 72.7 Å². The number of nitriles is 1. The molecule has 2 aromatic carbocycles. The highest BCUT2D eigenvalue weighted by atomic mass is 16.5. The van der Waals surface area contributed by atoms with Crippen LogP contribution in [0, 0.1) is 22.7 Å². The van der Waals surface area contributed by atoms with E-state index in [4.69, 9.17) is 14.5 Å². The number of amides is 5. The van der Waals surface area contributed by atoms with Crippen LogP contribution in [0.1, 0.15) is 115 Å². The summed E-state index contributed by atoms with van der Waals surface area (Å²) in [5, 5.41) is 16.2. The Kier molecular flexibility index (Phi) is 10.0. The van der Waals surface area contributed by atoms with E-state index in [0.29, 0.717) is 40.4 Å². The number of rotatable bonds is 10. The second-order valence-corrected chi connectivity index (χ2v) is 19.5. The molecule has 0 spiro atoms. The van der Waals surface area contributed by atoms with Crippen LogP contribution in [-0.4, -0.2) is 105 Å². The summed E-state index contributed by atoms with van der Waals surface area (Å²) < 4.78 is 12.9. The van der Waals surface area contributed by atoms with E-state index in [2.05, 4.69) is 66.1 Å². The van der Waals surface area contributed by atoms with Crippen molar-refractivity contribution in [1.29, 1.82) is 5.26 Å². The quantitative estimate of drug-likeness (QED) is 0.196. The monoisotopic (exact) mass is 864 g/mol. The molecule has 4 atom stereocenters. The SMILES string of the molecule is CC(C)N(CC1CCN(c2ccc(C(=O)NC3C(C)(C)[C@@H]4Oc5ccc(C#N)c6nccc(c56)C34C)cn2)CC1)C1CC(Oc2ccc3c(c2)C(=O)N(C2CCC(=O)NC2=O)C3=O)C1. The number of nitrogens with one attached hydrogen (secondary N) is 2. The van der Waals surface area contributed by atoms with Gasteiger partial charge in [0.15, 0.2) is 0 Å². The number of piperidine rings is 2. The summed E-state index contributed by atoms with van der Waals surface area (Å²) in [6.45, 7) is 13.6. The Labute approximate surface area is 371 Å². The summed E-state index contributed by atoms with van der Waals surface area (Å²) in [7, 11) is 0. The normalized spacial score (nSPS) is 27.0.